The lowest BCUT2D eigenvalue weighted by atomic mass is 9.94. The molecule has 5 nitrogen and oxygen atoms in total. The second kappa shape index (κ2) is 5.83. The predicted octanol–water partition coefficient (Wildman–Crippen LogP) is 1.91. The van der Waals surface area contributed by atoms with E-state index in [1.54, 1.807) is 0 Å². The number of amides is 2. The van der Waals surface area contributed by atoms with Crippen molar-refractivity contribution in [1.29, 1.82) is 0 Å². The van der Waals surface area contributed by atoms with Crippen molar-refractivity contribution < 1.29 is 9.59 Å². The van der Waals surface area contributed by atoms with Crippen LogP contribution in [-0.2, 0) is 11.8 Å². The Kier molecular flexibility index (Phi) is 3.88. The molecule has 1 atom stereocenters. The van der Waals surface area contributed by atoms with Gasteiger partial charge in [0.15, 0.2) is 0 Å². The first kappa shape index (κ1) is 14.6. The summed E-state index contributed by atoms with van der Waals surface area (Å²) in [6.07, 6.45) is 2.24. The third kappa shape index (κ3) is 2.71. The summed E-state index contributed by atoms with van der Waals surface area (Å²) in [6, 6.07) is 9.91. The van der Waals surface area contributed by atoms with Crippen molar-refractivity contribution in [3.63, 3.8) is 0 Å². The normalized spacial score (nSPS) is 18.6. The molecular weight excluding hydrogens is 278 g/mol. The van der Waals surface area contributed by atoms with E-state index < -0.39 is 0 Å². The first-order valence-corrected chi connectivity index (χ1v) is 7.68. The van der Waals surface area contributed by atoms with Crippen LogP contribution in [0.4, 0.5) is 0 Å². The molecule has 0 spiro atoms. The van der Waals surface area contributed by atoms with Crippen molar-refractivity contribution in [3.8, 4) is 0 Å². The molecule has 2 aromatic rings. The van der Waals surface area contributed by atoms with Crippen LogP contribution < -0.4 is 5.73 Å². The second-order valence-corrected chi connectivity index (χ2v) is 6.08. The zero-order valence-corrected chi connectivity index (χ0v) is 12.8. The highest BCUT2D eigenvalue weighted by Crippen LogP contribution is 2.24. The van der Waals surface area contributed by atoms with E-state index in [0.29, 0.717) is 18.7 Å². The summed E-state index contributed by atoms with van der Waals surface area (Å²) in [4.78, 5) is 25.8. The Bertz CT molecular complexity index is 720. The van der Waals surface area contributed by atoms with Crippen LogP contribution >= 0.6 is 0 Å². The van der Waals surface area contributed by atoms with Gasteiger partial charge in [0.25, 0.3) is 5.91 Å². The molecule has 0 radical (unpaired) electrons. The summed E-state index contributed by atoms with van der Waals surface area (Å²) < 4.78 is 1.94. The van der Waals surface area contributed by atoms with Gasteiger partial charge in [-0.25, -0.2) is 0 Å². The molecule has 1 aromatic carbocycles. The first-order valence-electron chi connectivity index (χ1n) is 7.68. The number of hydrogen-bond donors (Lipinski definition) is 1. The minimum Gasteiger partial charge on any atom is -0.370 e. The quantitative estimate of drug-likeness (QED) is 0.940. The van der Waals surface area contributed by atoms with E-state index in [1.165, 1.54) is 0 Å². The minimum absolute atomic E-state index is 0.0351. The Hall–Kier alpha value is -2.30. The van der Waals surface area contributed by atoms with Crippen LogP contribution in [-0.4, -0.2) is 34.4 Å². The Morgan fingerprint density at radius 3 is 2.82 bits per heavy atom. The molecular formula is C17H21N3O2. The summed E-state index contributed by atoms with van der Waals surface area (Å²) in [5, 5.41) is 1.07. The first-order chi connectivity index (χ1) is 10.6. The Morgan fingerprint density at radius 1 is 1.32 bits per heavy atom. The van der Waals surface area contributed by atoms with E-state index in [4.69, 9.17) is 5.73 Å². The number of carbonyl (C=O) groups excluding carboxylic acids is 2. The molecule has 0 aliphatic carbocycles. The van der Waals surface area contributed by atoms with E-state index in [0.717, 1.165) is 30.3 Å². The van der Waals surface area contributed by atoms with E-state index in [9.17, 15) is 9.59 Å². The van der Waals surface area contributed by atoms with Crippen molar-refractivity contribution in [2.45, 2.75) is 19.3 Å². The lowest BCUT2D eigenvalue weighted by Crippen LogP contribution is -2.41. The van der Waals surface area contributed by atoms with Crippen LogP contribution in [0.1, 0.15) is 29.8 Å². The van der Waals surface area contributed by atoms with Gasteiger partial charge >= 0.3 is 0 Å². The SMILES string of the molecule is Cn1c(C(=O)N2CCC[C@H](CC(N)=O)C2)cc2ccccc21. The van der Waals surface area contributed by atoms with Gasteiger partial charge in [0.1, 0.15) is 5.69 Å². The van der Waals surface area contributed by atoms with Gasteiger partial charge in [0.2, 0.25) is 5.91 Å². The molecule has 5 heteroatoms. The zero-order valence-electron chi connectivity index (χ0n) is 12.8. The number of aromatic nitrogens is 1. The number of benzene rings is 1. The number of rotatable bonds is 3. The second-order valence-electron chi connectivity index (χ2n) is 6.08. The van der Waals surface area contributed by atoms with Crippen molar-refractivity contribution in [2.24, 2.45) is 18.7 Å². The van der Waals surface area contributed by atoms with Crippen molar-refractivity contribution in [1.82, 2.24) is 9.47 Å². The Balaban J connectivity index is 1.83. The lowest BCUT2D eigenvalue weighted by Gasteiger charge is -2.32. The number of nitrogens with zero attached hydrogens (tertiary/aromatic N) is 2. The molecule has 1 saturated heterocycles. The molecule has 1 aromatic heterocycles. The number of hydrogen-bond acceptors (Lipinski definition) is 2. The third-order valence-corrected chi connectivity index (χ3v) is 4.47. The zero-order chi connectivity index (χ0) is 15.7. The predicted molar refractivity (Wildman–Crippen MR) is 85.4 cm³/mol. The van der Waals surface area contributed by atoms with E-state index in [1.807, 2.05) is 46.8 Å². The number of para-hydroxylation sites is 1. The summed E-state index contributed by atoms with van der Waals surface area (Å²) >= 11 is 0. The van der Waals surface area contributed by atoms with Gasteiger partial charge < -0.3 is 15.2 Å². The highest BCUT2D eigenvalue weighted by atomic mass is 16.2. The van der Waals surface area contributed by atoms with E-state index in [-0.39, 0.29) is 17.7 Å². The largest absolute Gasteiger partial charge is 0.370 e. The molecule has 0 saturated carbocycles. The summed E-state index contributed by atoms with van der Waals surface area (Å²) in [5.74, 6) is -0.0679. The number of piperidine rings is 1. The lowest BCUT2D eigenvalue weighted by molar-refractivity contribution is -0.119. The van der Waals surface area contributed by atoms with Gasteiger partial charge in [-0.1, -0.05) is 18.2 Å². The number of nitrogens with two attached hydrogens (primary N) is 1. The van der Waals surface area contributed by atoms with Gasteiger partial charge in [-0.3, -0.25) is 9.59 Å². The number of fused-ring (bicyclic) bond motifs is 1. The molecule has 3 rings (SSSR count). The van der Waals surface area contributed by atoms with Crippen molar-refractivity contribution >= 4 is 22.7 Å². The standard InChI is InChI=1S/C17H21N3O2/c1-19-14-7-3-2-6-13(14)10-15(19)17(22)20-8-4-5-12(11-20)9-16(18)21/h2-3,6-7,10,12H,4-5,8-9,11H2,1H3,(H2,18,21)/t12-/m1/s1. The Labute approximate surface area is 129 Å². The number of carbonyl (C=O) groups is 2. The molecule has 22 heavy (non-hydrogen) atoms. The number of aryl methyl sites for hydroxylation is 1. The number of primary amides is 1. The van der Waals surface area contributed by atoms with Gasteiger partial charge in [0.05, 0.1) is 0 Å². The maximum atomic E-state index is 12.8. The molecule has 2 amide bonds. The van der Waals surface area contributed by atoms with E-state index >= 15 is 0 Å². The minimum atomic E-state index is -0.288. The highest BCUT2D eigenvalue weighted by Gasteiger charge is 2.27. The fraction of sp³-hybridized carbons (Fsp3) is 0.412. The van der Waals surface area contributed by atoms with Crippen LogP contribution in [0.2, 0.25) is 0 Å². The molecule has 0 unspecified atom stereocenters. The molecule has 2 heterocycles. The molecule has 0 bridgehead atoms. The average Bonchev–Trinajstić information content (AvgIpc) is 2.84. The van der Waals surface area contributed by atoms with Crippen molar-refractivity contribution in [3.05, 3.63) is 36.0 Å². The van der Waals surface area contributed by atoms with E-state index in [2.05, 4.69) is 0 Å². The molecule has 2 N–H and O–H groups in total. The van der Waals surface area contributed by atoms with Crippen molar-refractivity contribution in [2.75, 3.05) is 13.1 Å². The monoisotopic (exact) mass is 299 g/mol. The van der Waals surface area contributed by atoms with Crippen LogP contribution in [0, 0.1) is 5.92 Å². The summed E-state index contributed by atoms with van der Waals surface area (Å²) in [6.45, 7) is 1.36. The molecule has 116 valence electrons. The van der Waals surface area contributed by atoms with Gasteiger partial charge in [-0.15, -0.1) is 0 Å². The molecule has 1 aliphatic heterocycles. The summed E-state index contributed by atoms with van der Waals surface area (Å²) in [5.41, 5.74) is 7.03. The smallest absolute Gasteiger partial charge is 0.270 e. The Morgan fingerprint density at radius 2 is 2.09 bits per heavy atom. The molecule has 1 fully saturated rings. The summed E-state index contributed by atoms with van der Waals surface area (Å²) in [7, 11) is 1.92. The van der Waals surface area contributed by atoms with Crippen LogP contribution in [0.25, 0.3) is 10.9 Å². The van der Waals surface area contributed by atoms with Gasteiger partial charge in [-0.05, 0) is 30.9 Å². The number of likely N-dealkylation sites (tertiary alicyclic amines) is 1. The maximum absolute atomic E-state index is 12.8. The topological polar surface area (TPSA) is 68.3 Å². The average molecular weight is 299 g/mol. The van der Waals surface area contributed by atoms with Crippen LogP contribution in [0.15, 0.2) is 30.3 Å². The third-order valence-electron chi connectivity index (χ3n) is 4.47. The highest BCUT2D eigenvalue weighted by molar-refractivity contribution is 5.98. The van der Waals surface area contributed by atoms with Crippen LogP contribution in [0.5, 0.6) is 0 Å². The maximum Gasteiger partial charge on any atom is 0.270 e. The van der Waals surface area contributed by atoms with Crippen LogP contribution in [0.3, 0.4) is 0 Å². The fourth-order valence-electron chi connectivity index (χ4n) is 3.36. The van der Waals surface area contributed by atoms with Gasteiger partial charge in [0, 0.05) is 37.5 Å². The van der Waals surface area contributed by atoms with Gasteiger partial charge in [-0.2, -0.15) is 0 Å². The fourth-order valence-corrected chi connectivity index (χ4v) is 3.36. The molecule has 1 aliphatic rings.